The van der Waals surface area contributed by atoms with Crippen molar-refractivity contribution in [1.29, 1.82) is 0 Å². The third-order valence-electron chi connectivity index (χ3n) is 1.75. The number of allylic oxidation sites excluding steroid dienone is 5. The molecule has 2 heteroatoms. The van der Waals surface area contributed by atoms with Crippen LogP contribution in [0.4, 0.5) is 0 Å². The van der Waals surface area contributed by atoms with Gasteiger partial charge in [0.2, 0.25) is 0 Å². The van der Waals surface area contributed by atoms with E-state index in [1.807, 2.05) is 18.2 Å². The highest BCUT2D eigenvalue weighted by molar-refractivity contribution is 5.65. The van der Waals surface area contributed by atoms with E-state index < -0.39 is 0 Å². The lowest BCUT2D eigenvalue weighted by Crippen LogP contribution is -1.95. The van der Waals surface area contributed by atoms with Gasteiger partial charge >= 0.3 is 0 Å². The Bertz CT molecular complexity index is 296. The molecule has 2 rings (SSSR count). The predicted molar refractivity (Wildman–Crippen MR) is 40.7 cm³/mol. The van der Waals surface area contributed by atoms with Crippen LogP contribution in [-0.2, 0) is 0 Å². The summed E-state index contributed by atoms with van der Waals surface area (Å²) in [5.74, 6) is 0. The van der Waals surface area contributed by atoms with Crippen LogP contribution < -0.4 is 11.5 Å². The molecule has 0 aliphatic heterocycles. The van der Waals surface area contributed by atoms with Gasteiger partial charge in [0.1, 0.15) is 0 Å². The van der Waals surface area contributed by atoms with Gasteiger partial charge in [-0.25, -0.2) is 0 Å². The van der Waals surface area contributed by atoms with Gasteiger partial charge < -0.3 is 11.5 Å². The summed E-state index contributed by atoms with van der Waals surface area (Å²) < 4.78 is 0. The zero-order valence-corrected chi connectivity index (χ0v) is 5.46. The van der Waals surface area contributed by atoms with Crippen LogP contribution in [-0.4, -0.2) is 0 Å². The van der Waals surface area contributed by atoms with Gasteiger partial charge in [-0.3, -0.25) is 0 Å². The molecule has 0 atom stereocenters. The highest BCUT2D eigenvalue weighted by atomic mass is 14.7. The maximum Gasteiger partial charge on any atom is 0.0415 e. The molecular formula is C8H8N2. The van der Waals surface area contributed by atoms with Crippen LogP contribution in [0.15, 0.2) is 46.8 Å². The van der Waals surface area contributed by atoms with Crippen LogP contribution in [0.25, 0.3) is 0 Å². The van der Waals surface area contributed by atoms with E-state index in [9.17, 15) is 0 Å². The Labute approximate surface area is 59.2 Å². The summed E-state index contributed by atoms with van der Waals surface area (Å²) in [5.41, 5.74) is 15.0. The van der Waals surface area contributed by atoms with Gasteiger partial charge in [-0.15, -0.1) is 0 Å². The standard InChI is InChI=1S/C8H8N2/c9-7-4-8(10)6-3-1-2-5(6)7/h1-4H,9-10H2. The minimum atomic E-state index is 0.775. The fraction of sp³-hybridized carbons (Fsp3) is 0. The van der Waals surface area contributed by atoms with Crippen molar-refractivity contribution in [3.63, 3.8) is 0 Å². The summed E-state index contributed by atoms with van der Waals surface area (Å²) in [6.07, 6.45) is 7.70. The molecule has 0 aromatic carbocycles. The van der Waals surface area contributed by atoms with Crippen LogP contribution in [0, 0.1) is 0 Å². The van der Waals surface area contributed by atoms with E-state index in [2.05, 4.69) is 0 Å². The van der Waals surface area contributed by atoms with E-state index in [1.54, 1.807) is 6.08 Å². The molecule has 50 valence electrons. The molecule has 2 aliphatic carbocycles. The van der Waals surface area contributed by atoms with Crippen LogP contribution in [0.3, 0.4) is 0 Å². The number of hydrogen-bond donors (Lipinski definition) is 2. The van der Waals surface area contributed by atoms with Gasteiger partial charge in [-0.1, -0.05) is 18.2 Å². The first-order valence-corrected chi connectivity index (χ1v) is 3.15. The number of nitrogens with two attached hydrogens (primary N) is 2. The Morgan fingerprint density at radius 1 is 1.20 bits per heavy atom. The summed E-state index contributed by atoms with van der Waals surface area (Å²) in [7, 11) is 0. The van der Waals surface area contributed by atoms with E-state index >= 15 is 0 Å². The topological polar surface area (TPSA) is 52.0 Å². The van der Waals surface area contributed by atoms with E-state index in [1.165, 1.54) is 0 Å². The van der Waals surface area contributed by atoms with Crippen molar-refractivity contribution >= 4 is 0 Å². The van der Waals surface area contributed by atoms with Crippen LogP contribution >= 0.6 is 0 Å². The molecule has 0 saturated carbocycles. The Balaban J connectivity index is 2.59. The fourth-order valence-electron chi connectivity index (χ4n) is 1.25. The Morgan fingerprint density at radius 2 is 2.00 bits per heavy atom. The molecule has 0 amide bonds. The van der Waals surface area contributed by atoms with Crippen molar-refractivity contribution in [2.45, 2.75) is 0 Å². The summed E-state index contributed by atoms with van der Waals surface area (Å²) in [4.78, 5) is 0. The second-order valence-electron chi connectivity index (χ2n) is 2.41. The Morgan fingerprint density at radius 3 is 2.70 bits per heavy atom. The quantitative estimate of drug-likeness (QED) is 0.505. The van der Waals surface area contributed by atoms with Crippen molar-refractivity contribution in [3.8, 4) is 0 Å². The molecule has 0 aromatic heterocycles. The Hall–Kier alpha value is -1.44. The minimum absolute atomic E-state index is 0.775. The van der Waals surface area contributed by atoms with E-state index in [0.717, 1.165) is 22.5 Å². The average Bonchev–Trinajstić information content (AvgIpc) is 2.39. The van der Waals surface area contributed by atoms with E-state index in [0.29, 0.717) is 0 Å². The van der Waals surface area contributed by atoms with Crippen molar-refractivity contribution < 1.29 is 0 Å². The SMILES string of the molecule is NC1=CC(N)=C2C=CC=C12. The number of rotatable bonds is 0. The van der Waals surface area contributed by atoms with Crippen LogP contribution in [0.2, 0.25) is 0 Å². The molecule has 0 unspecified atom stereocenters. The lowest BCUT2D eigenvalue weighted by Gasteiger charge is -1.95. The lowest BCUT2D eigenvalue weighted by atomic mass is 10.1. The second-order valence-corrected chi connectivity index (χ2v) is 2.41. The Kier molecular flexibility index (Phi) is 0.822. The van der Waals surface area contributed by atoms with Gasteiger partial charge in [-0.05, 0) is 6.08 Å². The fourth-order valence-corrected chi connectivity index (χ4v) is 1.25. The normalized spacial score (nSPS) is 21.2. The zero-order chi connectivity index (χ0) is 7.14. The first-order valence-electron chi connectivity index (χ1n) is 3.15. The second kappa shape index (κ2) is 1.53. The number of hydrogen-bond acceptors (Lipinski definition) is 2. The first-order chi connectivity index (χ1) is 4.79. The third-order valence-corrected chi connectivity index (χ3v) is 1.75. The molecule has 0 spiro atoms. The molecular weight excluding hydrogens is 124 g/mol. The lowest BCUT2D eigenvalue weighted by molar-refractivity contribution is 1.38. The van der Waals surface area contributed by atoms with Gasteiger partial charge in [0.05, 0.1) is 0 Å². The van der Waals surface area contributed by atoms with Crippen LogP contribution in [0.5, 0.6) is 0 Å². The van der Waals surface area contributed by atoms with Crippen molar-refractivity contribution in [1.82, 2.24) is 0 Å². The molecule has 0 radical (unpaired) electrons. The third kappa shape index (κ3) is 0.480. The van der Waals surface area contributed by atoms with Crippen LogP contribution in [0.1, 0.15) is 0 Å². The van der Waals surface area contributed by atoms with Crippen molar-refractivity contribution in [2.75, 3.05) is 0 Å². The van der Waals surface area contributed by atoms with E-state index in [-0.39, 0.29) is 0 Å². The van der Waals surface area contributed by atoms with Gasteiger partial charge in [0, 0.05) is 22.5 Å². The van der Waals surface area contributed by atoms with Gasteiger partial charge in [0.25, 0.3) is 0 Å². The largest absolute Gasteiger partial charge is 0.398 e. The molecule has 4 N–H and O–H groups in total. The minimum Gasteiger partial charge on any atom is -0.398 e. The molecule has 0 bridgehead atoms. The maximum absolute atomic E-state index is 5.64. The van der Waals surface area contributed by atoms with E-state index in [4.69, 9.17) is 11.5 Å². The number of fused-ring (bicyclic) bond motifs is 1. The summed E-state index contributed by atoms with van der Waals surface area (Å²) in [6.45, 7) is 0. The summed E-state index contributed by atoms with van der Waals surface area (Å²) >= 11 is 0. The monoisotopic (exact) mass is 132 g/mol. The van der Waals surface area contributed by atoms with Gasteiger partial charge in [0.15, 0.2) is 0 Å². The first kappa shape index (κ1) is 5.35. The van der Waals surface area contributed by atoms with Crippen molar-refractivity contribution in [3.05, 3.63) is 46.8 Å². The van der Waals surface area contributed by atoms with Crippen molar-refractivity contribution in [2.24, 2.45) is 11.5 Å². The summed E-state index contributed by atoms with van der Waals surface area (Å²) in [5, 5.41) is 0. The molecule has 10 heavy (non-hydrogen) atoms. The molecule has 0 aromatic rings. The smallest absolute Gasteiger partial charge is 0.0415 e. The molecule has 2 nitrogen and oxygen atoms in total. The summed E-state index contributed by atoms with van der Waals surface area (Å²) in [6, 6.07) is 0. The highest BCUT2D eigenvalue weighted by Crippen LogP contribution is 2.30. The molecule has 0 saturated heterocycles. The zero-order valence-electron chi connectivity index (χ0n) is 5.46. The average molecular weight is 132 g/mol. The predicted octanol–water partition coefficient (Wildman–Crippen LogP) is 0.552. The molecule has 0 heterocycles. The van der Waals surface area contributed by atoms with Gasteiger partial charge in [-0.2, -0.15) is 0 Å². The molecule has 2 aliphatic rings. The molecule has 0 fully saturated rings. The maximum atomic E-state index is 5.64. The highest BCUT2D eigenvalue weighted by Gasteiger charge is 2.17.